The molecule has 3 fully saturated rings. The summed E-state index contributed by atoms with van der Waals surface area (Å²) in [4.78, 5) is 109. The van der Waals surface area contributed by atoms with Gasteiger partial charge in [0.05, 0.1) is 24.0 Å². The van der Waals surface area contributed by atoms with Crippen molar-refractivity contribution in [3.8, 4) is 0 Å². The summed E-state index contributed by atoms with van der Waals surface area (Å²) in [6, 6.07) is 9.27. The van der Waals surface area contributed by atoms with Crippen molar-refractivity contribution in [3.63, 3.8) is 0 Å². The number of aromatic nitrogens is 5. The Labute approximate surface area is 350 Å². The second kappa shape index (κ2) is 17.8. The number of benzene rings is 1. The minimum absolute atomic E-state index is 0.0378. The Kier molecular flexibility index (Phi) is 12.0. The quantitative estimate of drug-likeness (QED) is 0.0854. The molecule has 318 valence electrons. The van der Waals surface area contributed by atoms with E-state index in [1.807, 2.05) is 24.0 Å². The molecule has 1 saturated carbocycles. The summed E-state index contributed by atoms with van der Waals surface area (Å²) in [5, 5.41) is 14.6. The molecule has 2 saturated heterocycles. The van der Waals surface area contributed by atoms with Crippen LogP contribution in [0.1, 0.15) is 107 Å². The van der Waals surface area contributed by atoms with Crippen LogP contribution in [-0.4, -0.2) is 120 Å². The average Bonchev–Trinajstić information content (AvgIpc) is 3.77. The number of pyridine rings is 1. The molecule has 1 aliphatic carbocycles. The molecule has 3 aromatic heterocycles. The number of imidazole rings is 1. The van der Waals surface area contributed by atoms with Crippen LogP contribution in [0.5, 0.6) is 0 Å². The fourth-order valence-corrected chi connectivity index (χ4v) is 8.34. The summed E-state index contributed by atoms with van der Waals surface area (Å²) in [5.41, 5.74) is 3.42. The molecule has 4 aliphatic rings. The minimum atomic E-state index is -1.05. The van der Waals surface area contributed by atoms with Crippen molar-refractivity contribution in [2.75, 3.05) is 36.8 Å². The number of carbonyl (C=O) groups is 7. The third-order valence-corrected chi connectivity index (χ3v) is 11.8. The maximum absolute atomic E-state index is 13.1. The van der Waals surface area contributed by atoms with Crippen LogP contribution >= 0.6 is 0 Å². The molecule has 3 aliphatic heterocycles. The molecule has 0 radical (unpaired) electrons. The zero-order valence-electron chi connectivity index (χ0n) is 33.8. The number of piperidine rings is 2. The summed E-state index contributed by atoms with van der Waals surface area (Å²) >= 11 is 0. The number of anilines is 2. The molecule has 4 aromatic rings. The van der Waals surface area contributed by atoms with Crippen molar-refractivity contribution in [1.82, 2.24) is 50.3 Å². The molecule has 0 bridgehead atoms. The van der Waals surface area contributed by atoms with Crippen molar-refractivity contribution < 1.29 is 33.6 Å². The highest BCUT2D eigenvalue weighted by Gasteiger charge is 2.44. The first kappa shape index (κ1) is 41.0. The van der Waals surface area contributed by atoms with Crippen LogP contribution in [0.3, 0.4) is 0 Å². The largest absolute Gasteiger partial charge is 0.376 e. The van der Waals surface area contributed by atoms with E-state index in [4.69, 9.17) is 0 Å². The number of likely N-dealkylation sites (tertiary alicyclic amines) is 1. The fourth-order valence-electron chi connectivity index (χ4n) is 8.34. The van der Waals surface area contributed by atoms with Crippen molar-refractivity contribution >= 4 is 64.0 Å². The molecule has 5 N–H and O–H groups in total. The van der Waals surface area contributed by atoms with Gasteiger partial charge >= 0.3 is 0 Å². The fraction of sp³-hybridized carbons (Fsp3) is 0.452. The van der Waals surface area contributed by atoms with Crippen LogP contribution in [0.2, 0.25) is 0 Å². The Morgan fingerprint density at radius 1 is 0.885 bits per heavy atom. The van der Waals surface area contributed by atoms with Crippen LogP contribution in [0.4, 0.5) is 11.5 Å². The molecule has 61 heavy (non-hydrogen) atoms. The average molecular weight is 833 g/mol. The molecule has 19 heteroatoms. The molecule has 6 heterocycles. The summed E-state index contributed by atoms with van der Waals surface area (Å²) in [6.45, 7) is 3.54. The molecule has 7 amide bonds. The monoisotopic (exact) mass is 832 g/mol. The lowest BCUT2D eigenvalue weighted by atomic mass is 9.86. The van der Waals surface area contributed by atoms with E-state index in [-0.39, 0.29) is 66.4 Å². The number of unbranched alkanes of at least 4 members (excludes halogenated alkanes) is 2. The topological polar surface area (TPSA) is 243 Å². The Hall–Kier alpha value is -6.79. The third kappa shape index (κ3) is 9.04. The zero-order chi connectivity index (χ0) is 42.6. The second-order valence-electron chi connectivity index (χ2n) is 16.0. The number of carbonyl (C=O) groups excluding carboxylic acids is 7. The van der Waals surface area contributed by atoms with Gasteiger partial charge in [-0.25, -0.2) is 19.9 Å². The number of amides is 7. The lowest BCUT2D eigenvalue weighted by Gasteiger charge is -2.36. The van der Waals surface area contributed by atoms with E-state index < -0.39 is 29.7 Å². The number of nitrogens with one attached hydrogen (secondary N) is 5. The van der Waals surface area contributed by atoms with E-state index in [1.54, 1.807) is 18.5 Å². The second-order valence-corrected chi connectivity index (χ2v) is 16.0. The van der Waals surface area contributed by atoms with Gasteiger partial charge in [-0.15, -0.1) is 0 Å². The number of fused-ring (bicyclic) bond motifs is 2. The summed E-state index contributed by atoms with van der Waals surface area (Å²) in [5.74, 6) is -1.95. The van der Waals surface area contributed by atoms with E-state index in [0.29, 0.717) is 61.6 Å². The molecular formula is C42H48N12O7. The molecule has 1 aromatic carbocycles. The maximum atomic E-state index is 13.1. The highest BCUT2D eigenvalue weighted by Crippen LogP contribution is 2.35. The standard InChI is InChI=1S/C42H48N12O7/c1-24-6-5-7-31(48-24)39(58)50-27-18-28(19-27)53-23-47-36-37(45-22-46-38(36)53)49-25-13-16-52(17-14-25)35(57)8-3-2-4-15-43-34(56)21-44-26-9-10-29-30(20-26)42(61)54(41(29)60)32-11-12-33(55)51-40(32)59/h5-7,9-10,20,22-23,25,27-28,32,44H,2-4,8,11-19,21H2,1H3,(H,43,56)(H,50,58)(H,45,46,49)(H,51,55,59). The number of aryl methyl sites for hydroxylation is 1. The molecule has 8 rings (SSSR count). The Bertz CT molecular complexity index is 2390. The predicted octanol–water partition coefficient (Wildman–Crippen LogP) is 2.26. The van der Waals surface area contributed by atoms with Gasteiger partial charge in [0.25, 0.3) is 17.7 Å². The van der Waals surface area contributed by atoms with E-state index in [9.17, 15) is 33.6 Å². The molecular weight excluding hydrogens is 785 g/mol. The molecule has 1 atom stereocenters. The predicted molar refractivity (Wildman–Crippen MR) is 220 cm³/mol. The first-order valence-corrected chi connectivity index (χ1v) is 20.8. The smallest absolute Gasteiger partial charge is 0.270 e. The van der Waals surface area contributed by atoms with Gasteiger partial charge in [0.15, 0.2) is 11.5 Å². The third-order valence-electron chi connectivity index (χ3n) is 11.8. The van der Waals surface area contributed by atoms with E-state index in [0.717, 1.165) is 48.3 Å². The van der Waals surface area contributed by atoms with Gasteiger partial charge in [0.1, 0.15) is 23.6 Å². The number of rotatable bonds is 15. The first-order valence-electron chi connectivity index (χ1n) is 20.8. The van der Waals surface area contributed by atoms with Gasteiger partial charge in [0.2, 0.25) is 23.6 Å². The van der Waals surface area contributed by atoms with Crippen LogP contribution in [-0.2, 0) is 19.2 Å². The van der Waals surface area contributed by atoms with E-state index in [2.05, 4.69) is 51.1 Å². The normalized spacial score (nSPS) is 20.2. The highest BCUT2D eigenvalue weighted by atomic mass is 16.2. The van der Waals surface area contributed by atoms with Crippen LogP contribution in [0.15, 0.2) is 49.1 Å². The summed E-state index contributed by atoms with van der Waals surface area (Å²) < 4.78 is 2.05. The van der Waals surface area contributed by atoms with Crippen molar-refractivity contribution in [2.45, 2.75) is 95.3 Å². The highest BCUT2D eigenvalue weighted by molar-refractivity contribution is 6.23. The molecule has 19 nitrogen and oxygen atoms in total. The van der Waals surface area contributed by atoms with Gasteiger partial charge in [0, 0.05) is 62.0 Å². The van der Waals surface area contributed by atoms with Gasteiger partial charge < -0.3 is 30.7 Å². The number of hydrogen-bond donors (Lipinski definition) is 5. The molecule has 1 unspecified atom stereocenters. The first-order chi connectivity index (χ1) is 29.5. The number of nitrogens with zero attached hydrogens (tertiary/aromatic N) is 7. The van der Waals surface area contributed by atoms with Crippen LogP contribution < -0.4 is 26.6 Å². The zero-order valence-corrected chi connectivity index (χ0v) is 33.8. The summed E-state index contributed by atoms with van der Waals surface area (Å²) in [7, 11) is 0. The van der Waals surface area contributed by atoms with Crippen molar-refractivity contribution in [3.05, 3.63) is 71.6 Å². The van der Waals surface area contributed by atoms with Crippen molar-refractivity contribution in [1.29, 1.82) is 0 Å². The Balaban J connectivity index is 0.702. The molecule has 0 spiro atoms. The van der Waals surface area contributed by atoms with Gasteiger partial charge in [-0.3, -0.25) is 43.8 Å². The minimum Gasteiger partial charge on any atom is -0.376 e. The van der Waals surface area contributed by atoms with Gasteiger partial charge in [-0.1, -0.05) is 12.5 Å². The Morgan fingerprint density at radius 3 is 2.48 bits per heavy atom. The Morgan fingerprint density at radius 2 is 1.69 bits per heavy atom. The van der Waals surface area contributed by atoms with E-state index >= 15 is 0 Å². The lowest BCUT2D eigenvalue weighted by Crippen LogP contribution is -2.54. The van der Waals surface area contributed by atoms with Gasteiger partial charge in [-0.2, -0.15) is 0 Å². The van der Waals surface area contributed by atoms with Gasteiger partial charge in [-0.05, 0) is 82.2 Å². The van der Waals surface area contributed by atoms with Crippen molar-refractivity contribution in [2.24, 2.45) is 0 Å². The summed E-state index contributed by atoms with van der Waals surface area (Å²) in [6.07, 6.45) is 9.16. The van der Waals surface area contributed by atoms with Crippen LogP contribution in [0, 0.1) is 6.92 Å². The SMILES string of the molecule is Cc1cccc(C(=O)NC2CC(n3cnc4c(NC5CCN(C(=O)CCCCCNC(=O)CNc6ccc7c(c6)C(=O)N(C6CCC(=O)NC6=O)C7=O)CC5)ncnc43)C2)n1. The van der Waals surface area contributed by atoms with Crippen LogP contribution in [0.25, 0.3) is 11.2 Å². The maximum Gasteiger partial charge on any atom is 0.270 e. The number of imide groups is 2. The lowest BCUT2D eigenvalue weighted by molar-refractivity contribution is -0.136. The number of hydrogen-bond acceptors (Lipinski definition) is 13. The van der Waals surface area contributed by atoms with E-state index in [1.165, 1.54) is 18.5 Å².